The quantitative estimate of drug-likeness (QED) is 0.664. The van der Waals surface area contributed by atoms with Gasteiger partial charge in [-0.25, -0.2) is 0 Å². The third kappa shape index (κ3) is 3.70. The van der Waals surface area contributed by atoms with Gasteiger partial charge in [-0.15, -0.1) is 0 Å². The van der Waals surface area contributed by atoms with E-state index < -0.39 is 7.25 Å². The van der Waals surface area contributed by atoms with Crippen molar-refractivity contribution in [3.05, 3.63) is 96.6 Å². The van der Waals surface area contributed by atoms with E-state index in [1.807, 2.05) is 54.6 Å². The molecule has 1 unspecified atom stereocenters. The third-order valence-electron chi connectivity index (χ3n) is 4.45. The highest BCUT2D eigenvalue weighted by atomic mass is 16.6. The van der Waals surface area contributed by atoms with E-state index in [1.165, 1.54) is 5.56 Å². The van der Waals surface area contributed by atoms with Crippen LogP contribution < -0.4 is 9.47 Å². The molecule has 0 radical (unpaired) electrons. The molecule has 1 saturated heterocycles. The van der Waals surface area contributed by atoms with Crippen LogP contribution in [-0.4, -0.2) is 20.4 Å². The van der Waals surface area contributed by atoms with E-state index in [-0.39, 0.29) is 0 Å². The molecule has 4 heteroatoms. The molecule has 1 aliphatic heterocycles. The van der Waals surface area contributed by atoms with Crippen LogP contribution in [0.15, 0.2) is 91.0 Å². The molecule has 1 atom stereocenters. The summed E-state index contributed by atoms with van der Waals surface area (Å²) in [5.74, 6) is 1.13. The van der Waals surface area contributed by atoms with Gasteiger partial charge in [-0.1, -0.05) is 66.7 Å². The Morgan fingerprint density at radius 2 is 1.40 bits per heavy atom. The summed E-state index contributed by atoms with van der Waals surface area (Å²) in [6.45, 7) is 1.50. The normalized spacial score (nSPS) is 17.4. The van der Waals surface area contributed by atoms with Gasteiger partial charge >= 0.3 is 7.25 Å². The lowest BCUT2D eigenvalue weighted by atomic mass is 9.90. The van der Waals surface area contributed by atoms with Gasteiger partial charge < -0.3 is 14.1 Å². The van der Waals surface area contributed by atoms with Gasteiger partial charge in [-0.2, -0.15) is 0 Å². The standard InChI is InChI=1S/C21H20BNO2/c1-4-10-18(11-5-1)19-16-23(20-12-6-2-7-13-20)22(24-17-19)25-21-14-8-3-9-15-21/h1-15,19H,16-17H2. The monoisotopic (exact) mass is 329 g/mol. The molecule has 0 saturated carbocycles. The molecule has 0 N–H and O–H groups in total. The second-order valence-electron chi connectivity index (χ2n) is 6.17. The summed E-state index contributed by atoms with van der Waals surface area (Å²) in [6.07, 6.45) is 0. The van der Waals surface area contributed by atoms with Crippen LogP contribution in [0.3, 0.4) is 0 Å². The molecular weight excluding hydrogens is 309 g/mol. The molecule has 0 aliphatic carbocycles. The SMILES string of the molecule is c1ccc(OB2OCC(c3ccccc3)CN2c2ccccc2)cc1. The van der Waals surface area contributed by atoms with E-state index >= 15 is 0 Å². The van der Waals surface area contributed by atoms with E-state index in [1.54, 1.807) is 0 Å². The van der Waals surface area contributed by atoms with Crippen molar-refractivity contribution >= 4 is 12.9 Å². The second-order valence-corrected chi connectivity index (χ2v) is 6.17. The Morgan fingerprint density at radius 3 is 2.08 bits per heavy atom. The molecule has 0 bridgehead atoms. The van der Waals surface area contributed by atoms with Gasteiger partial charge in [0.15, 0.2) is 0 Å². The molecule has 1 aliphatic rings. The zero-order valence-corrected chi connectivity index (χ0v) is 14.0. The van der Waals surface area contributed by atoms with Crippen LogP contribution in [0, 0.1) is 0 Å². The van der Waals surface area contributed by atoms with Crippen molar-refractivity contribution in [2.45, 2.75) is 5.92 Å². The second kappa shape index (κ2) is 7.45. The summed E-state index contributed by atoms with van der Waals surface area (Å²) in [5, 5.41) is 0. The van der Waals surface area contributed by atoms with Crippen molar-refractivity contribution in [3.8, 4) is 5.75 Å². The van der Waals surface area contributed by atoms with Crippen LogP contribution in [-0.2, 0) is 4.65 Å². The summed E-state index contributed by atoms with van der Waals surface area (Å²) in [7, 11) is -0.426. The maximum atomic E-state index is 6.12. The van der Waals surface area contributed by atoms with Crippen LogP contribution >= 0.6 is 0 Å². The first-order valence-corrected chi connectivity index (χ1v) is 8.60. The lowest BCUT2D eigenvalue weighted by molar-refractivity contribution is 0.220. The Balaban J connectivity index is 1.59. The van der Waals surface area contributed by atoms with Gasteiger partial charge in [-0.3, -0.25) is 0 Å². The van der Waals surface area contributed by atoms with E-state index in [4.69, 9.17) is 9.31 Å². The molecule has 3 aromatic carbocycles. The summed E-state index contributed by atoms with van der Waals surface area (Å²) >= 11 is 0. The predicted octanol–water partition coefficient (Wildman–Crippen LogP) is 4.37. The molecule has 4 rings (SSSR count). The predicted molar refractivity (Wildman–Crippen MR) is 102 cm³/mol. The van der Waals surface area contributed by atoms with E-state index in [2.05, 4.69) is 41.2 Å². The van der Waals surface area contributed by atoms with Gasteiger partial charge in [0, 0.05) is 24.8 Å². The molecule has 3 aromatic rings. The summed E-state index contributed by atoms with van der Waals surface area (Å²) in [6, 6.07) is 30.7. The average molecular weight is 329 g/mol. The van der Waals surface area contributed by atoms with Crippen LogP contribution in [0.2, 0.25) is 0 Å². The Labute approximate surface area is 149 Å². The lowest BCUT2D eigenvalue weighted by Crippen LogP contribution is -2.53. The zero-order chi connectivity index (χ0) is 16.9. The van der Waals surface area contributed by atoms with E-state index in [0.29, 0.717) is 12.5 Å². The third-order valence-corrected chi connectivity index (χ3v) is 4.45. The minimum atomic E-state index is -0.426. The van der Waals surface area contributed by atoms with Gasteiger partial charge in [0.2, 0.25) is 0 Å². The fourth-order valence-corrected chi connectivity index (χ4v) is 3.15. The number of para-hydroxylation sites is 2. The summed E-state index contributed by atoms with van der Waals surface area (Å²) < 4.78 is 12.2. The fraction of sp³-hybridized carbons (Fsp3) is 0.143. The number of hydrogen-bond acceptors (Lipinski definition) is 3. The van der Waals surface area contributed by atoms with Crippen LogP contribution in [0.1, 0.15) is 11.5 Å². The first-order valence-electron chi connectivity index (χ1n) is 8.60. The van der Waals surface area contributed by atoms with Gasteiger partial charge in [0.25, 0.3) is 0 Å². The number of nitrogens with zero attached hydrogens (tertiary/aromatic N) is 1. The molecule has 0 aromatic heterocycles. The van der Waals surface area contributed by atoms with Gasteiger partial charge in [0.1, 0.15) is 5.75 Å². The zero-order valence-electron chi connectivity index (χ0n) is 14.0. The molecule has 1 heterocycles. The van der Waals surface area contributed by atoms with Crippen LogP contribution in [0.25, 0.3) is 0 Å². The van der Waals surface area contributed by atoms with Crippen molar-refractivity contribution in [3.63, 3.8) is 0 Å². The van der Waals surface area contributed by atoms with Crippen molar-refractivity contribution in [1.29, 1.82) is 0 Å². The molecule has 0 spiro atoms. The highest BCUT2D eigenvalue weighted by Gasteiger charge is 2.38. The molecule has 0 amide bonds. The van der Waals surface area contributed by atoms with Crippen molar-refractivity contribution in [2.75, 3.05) is 18.0 Å². The Morgan fingerprint density at radius 1 is 0.800 bits per heavy atom. The summed E-state index contributed by atoms with van der Waals surface area (Å²) in [5.41, 5.74) is 2.39. The molecule has 25 heavy (non-hydrogen) atoms. The number of anilines is 1. The Bertz CT molecular complexity index is 783. The average Bonchev–Trinajstić information content (AvgIpc) is 2.70. The first kappa shape index (κ1) is 15.8. The fourth-order valence-electron chi connectivity index (χ4n) is 3.15. The molecule has 1 fully saturated rings. The minimum absolute atomic E-state index is 0.317. The van der Waals surface area contributed by atoms with Crippen LogP contribution in [0.4, 0.5) is 5.69 Å². The van der Waals surface area contributed by atoms with Crippen molar-refractivity contribution in [2.24, 2.45) is 0 Å². The molecular formula is C21H20BNO2. The molecule has 3 nitrogen and oxygen atoms in total. The van der Waals surface area contributed by atoms with E-state index in [0.717, 1.165) is 18.0 Å². The van der Waals surface area contributed by atoms with E-state index in [9.17, 15) is 0 Å². The Hall–Kier alpha value is -2.72. The number of rotatable bonds is 4. The number of benzene rings is 3. The minimum Gasteiger partial charge on any atom is -0.518 e. The smallest absolute Gasteiger partial charge is 0.518 e. The van der Waals surface area contributed by atoms with Gasteiger partial charge in [0.05, 0.1) is 0 Å². The van der Waals surface area contributed by atoms with Crippen LogP contribution in [0.5, 0.6) is 5.75 Å². The maximum Gasteiger partial charge on any atom is 0.665 e. The number of hydrogen-bond donors (Lipinski definition) is 0. The van der Waals surface area contributed by atoms with Crippen molar-refractivity contribution < 1.29 is 9.31 Å². The Kier molecular flexibility index (Phi) is 4.71. The summed E-state index contributed by atoms with van der Waals surface area (Å²) in [4.78, 5) is 2.19. The highest BCUT2D eigenvalue weighted by Crippen LogP contribution is 2.28. The van der Waals surface area contributed by atoms with Crippen molar-refractivity contribution in [1.82, 2.24) is 0 Å². The van der Waals surface area contributed by atoms with Gasteiger partial charge in [-0.05, 0) is 29.8 Å². The first-order chi connectivity index (χ1) is 12.4. The molecule has 124 valence electrons. The highest BCUT2D eigenvalue weighted by molar-refractivity contribution is 6.51. The maximum absolute atomic E-state index is 6.12. The topological polar surface area (TPSA) is 21.7 Å². The largest absolute Gasteiger partial charge is 0.665 e. The lowest BCUT2D eigenvalue weighted by Gasteiger charge is -2.37.